The molecule has 1 N–H and O–H groups in total. The van der Waals surface area contributed by atoms with Gasteiger partial charge in [-0.15, -0.1) is 10.2 Å². The van der Waals surface area contributed by atoms with Gasteiger partial charge in [-0.2, -0.15) is 0 Å². The number of carbonyl (C=O) groups is 1. The second-order valence-electron chi connectivity index (χ2n) is 8.11. The average molecular weight is 485 g/mol. The molecule has 2 aliphatic rings. The molecule has 1 fully saturated rings. The van der Waals surface area contributed by atoms with Crippen LogP contribution < -0.4 is 14.8 Å². The monoisotopic (exact) mass is 484 g/mol. The van der Waals surface area contributed by atoms with Crippen LogP contribution in [0, 0.1) is 5.82 Å². The number of benzene rings is 2. The van der Waals surface area contributed by atoms with E-state index in [1.165, 1.54) is 23.9 Å². The summed E-state index contributed by atoms with van der Waals surface area (Å²) in [5.41, 5.74) is 1.40. The van der Waals surface area contributed by atoms with E-state index >= 15 is 0 Å². The molecule has 10 heteroatoms. The zero-order chi connectivity index (χ0) is 23.3. The van der Waals surface area contributed by atoms with E-state index in [0.29, 0.717) is 47.9 Å². The number of fused-ring (bicyclic) bond motifs is 1. The first kappa shape index (κ1) is 22.7. The van der Waals surface area contributed by atoms with Crippen LogP contribution in [0.15, 0.2) is 47.6 Å². The summed E-state index contributed by atoms with van der Waals surface area (Å²) in [7, 11) is 0. The maximum absolute atomic E-state index is 13.4. The quantitative estimate of drug-likeness (QED) is 0.504. The average Bonchev–Trinajstić information content (AvgIpc) is 3.43. The van der Waals surface area contributed by atoms with Gasteiger partial charge in [-0.1, -0.05) is 11.8 Å². The first-order chi connectivity index (χ1) is 16.7. The van der Waals surface area contributed by atoms with Crippen molar-refractivity contribution in [1.29, 1.82) is 0 Å². The highest BCUT2D eigenvalue weighted by molar-refractivity contribution is 7.99. The van der Waals surface area contributed by atoms with E-state index in [0.717, 1.165) is 31.4 Å². The van der Waals surface area contributed by atoms with E-state index in [-0.39, 0.29) is 23.6 Å². The highest BCUT2D eigenvalue weighted by Gasteiger charge is 2.22. The number of thioether (sulfide) groups is 1. The lowest BCUT2D eigenvalue weighted by Crippen LogP contribution is -2.18. The molecule has 34 heavy (non-hydrogen) atoms. The van der Waals surface area contributed by atoms with E-state index in [9.17, 15) is 9.18 Å². The van der Waals surface area contributed by atoms with Gasteiger partial charge in [0.05, 0.1) is 31.6 Å². The first-order valence-electron chi connectivity index (χ1n) is 11.3. The maximum atomic E-state index is 13.4. The minimum atomic E-state index is -0.310. The highest BCUT2D eigenvalue weighted by Crippen LogP contribution is 2.32. The number of carbonyl (C=O) groups excluding carboxylic acids is 1. The molecule has 1 atom stereocenters. The maximum Gasteiger partial charge on any atom is 0.234 e. The number of aromatic nitrogens is 3. The van der Waals surface area contributed by atoms with Gasteiger partial charge >= 0.3 is 0 Å². The summed E-state index contributed by atoms with van der Waals surface area (Å²) >= 11 is 1.30. The Morgan fingerprint density at radius 1 is 1.06 bits per heavy atom. The van der Waals surface area contributed by atoms with E-state index in [2.05, 4.69) is 15.5 Å². The van der Waals surface area contributed by atoms with Crippen molar-refractivity contribution in [2.75, 3.05) is 30.9 Å². The molecule has 1 saturated heterocycles. The molecule has 2 aromatic carbocycles. The van der Waals surface area contributed by atoms with Gasteiger partial charge in [-0.3, -0.25) is 9.36 Å². The molecule has 1 amide bonds. The van der Waals surface area contributed by atoms with Gasteiger partial charge in [0.1, 0.15) is 5.82 Å². The van der Waals surface area contributed by atoms with Gasteiger partial charge in [0, 0.05) is 30.3 Å². The number of nitrogens with one attached hydrogen (secondary N) is 1. The molecule has 0 aliphatic carbocycles. The Hall–Kier alpha value is -3.11. The summed E-state index contributed by atoms with van der Waals surface area (Å²) in [4.78, 5) is 12.7. The Balaban J connectivity index is 1.28. The number of ether oxygens (including phenoxy) is 3. The second kappa shape index (κ2) is 10.4. The van der Waals surface area contributed by atoms with E-state index in [1.54, 1.807) is 30.3 Å². The lowest BCUT2D eigenvalue weighted by molar-refractivity contribution is -0.113. The van der Waals surface area contributed by atoms with E-state index in [4.69, 9.17) is 14.2 Å². The van der Waals surface area contributed by atoms with Crippen LogP contribution in [0.1, 0.15) is 19.3 Å². The van der Waals surface area contributed by atoms with Crippen molar-refractivity contribution in [1.82, 2.24) is 14.8 Å². The number of halogens is 1. The fourth-order valence-electron chi connectivity index (χ4n) is 3.93. The molecule has 5 rings (SSSR count). The molecule has 178 valence electrons. The first-order valence-corrected chi connectivity index (χ1v) is 12.3. The molecule has 0 spiro atoms. The Labute approximate surface area is 200 Å². The van der Waals surface area contributed by atoms with E-state index < -0.39 is 0 Å². The molecular weight excluding hydrogens is 459 g/mol. The third-order valence-electron chi connectivity index (χ3n) is 5.59. The number of hydrogen-bond donors (Lipinski definition) is 1. The zero-order valence-electron chi connectivity index (χ0n) is 18.5. The normalized spacial score (nSPS) is 17.4. The zero-order valence-corrected chi connectivity index (χ0v) is 19.4. The smallest absolute Gasteiger partial charge is 0.234 e. The topological polar surface area (TPSA) is 87.5 Å². The van der Waals surface area contributed by atoms with Crippen LogP contribution in [0.25, 0.3) is 11.4 Å². The predicted octanol–water partition coefficient (Wildman–Crippen LogP) is 4.16. The Kier molecular flexibility index (Phi) is 6.96. The minimum Gasteiger partial charge on any atom is -0.490 e. The molecule has 0 saturated carbocycles. The van der Waals surface area contributed by atoms with Gasteiger partial charge < -0.3 is 19.5 Å². The van der Waals surface area contributed by atoms with Crippen LogP contribution in [0.5, 0.6) is 11.5 Å². The van der Waals surface area contributed by atoms with Crippen LogP contribution in [0.3, 0.4) is 0 Å². The van der Waals surface area contributed by atoms with E-state index in [1.807, 2.05) is 4.57 Å². The second-order valence-corrected chi connectivity index (χ2v) is 9.05. The number of nitrogens with zero attached hydrogens (tertiary/aromatic N) is 3. The van der Waals surface area contributed by atoms with Crippen molar-refractivity contribution >= 4 is 23.4 Å². The third-order valence-corrected chi connectivity index (χ3v) is 6.56. The van der Waals surface area contributed by atoms with Crippen molar-refractivity contribution in [2.24, 2.45) is 0 Å². The molecule has 1 aromatic heterocycles. The third kappa shape index (κ3) is 5.34. The van der Waals surface area contributed by atoms with Crippen LogP contribution in [-0.2, 0) is 16.1 Å². The number of amides is 1. The van der Waals surface area contributed by atoms with Crippen molar-refractivity contribution in [3.63, 3.8) is 0 Å². The Morgan fingerprint density at radius 2 is 1.88 bits per heavy atom. The van der Waals surface area contributed by atoms with Crippen LogP contribution >= 0.6 is 11.8 Å². The molecular formula is C24H25FN4O4S. The van der Waals surface area contributed by atoms with Gasteiger partial charge in [0.15, 0.2) is 22.5 Å². The Bertz CT molecular complexity index is 1150. The molecule has 2 aliphatic heterocycles. The summed E-state index contributed by atoms with van der Waals surface area (Å²) in [5, 5.41) is 12.2. The standard InChI is InChI=1S/C24H25FN4O4S/c25-17-6-4-16(5-7-17)23-27-28-24(29(23)14-19-3-1-10-31-19)34-15-22(30)26-18-8-9-20-21(13-18)33-12-2-11-32-20/h4-9,13,19H,1-3,10-12,14-15H2,(H,26,30)/t19-/m0/s1. The summed E-state index contributed by atoms with van der Waals surface area (Å²) < 4.78 is 32.5. The minimum absolute atomic E-state index is 0.0603. The summed E-state index contributed by atoms with van der Waals surface area (Å²) in [6.45, 7) is 2.50. The molecule has 0 radical (unpaired) electrons. The largest absolute Gasteiger partial charge is 0.490 e. The van der Waals surface area contributed by atoms with Crippen LogP contribution in [0.4, 0.5) is 10.1 Å². The summed E-state index contributed by atoms with van der Waals surface area (Å²) in [6, 6.07) is 11.5. The van der Waals surface area contributed by atoms with Gasteiger partial charge in [0.2, 0.25) is 5.91 Å². The van der Waals surface area contributed by atoms with Crippen molar-refractivity contribution in [3.8, 4) is 22.9 Å². The fraction of sp³-hybridized carbons (Fsp3) is 0.375. The molecule has 0 unspecified atom stereocenters. The SMILES string of the molecule is O=C(CSc1nnc(-c2ccc(F)cc2)n1C[C@@H]1CCCO1)Nc1ccc2c(c1)OCCCO2. The number of rotatable bonds is 7. The van der Waals surface area contributed by atoms with Crippen molar-refractivity contribution in [2.45, 2.75) is 37.1 Å². The number of hydrogen-bond acceptors (Lipinski definition) is 7. The molecule has 3 aromatic rings. The molecule has 8 nitrogen and oxygen atoms in total. The summed E-state index contributed by atoms with van der Waals surface area (Å²) in [5.74, 6) is 1.61. The lowest BCUT2D eigenvalue weighted by atomic mass is 10.2. The fourth-order valence-corrected chi connectivity index (χ4v) is 4.68. The van der Waals surface area contributed by atoms with Gasteiger partial charge in [-0.25, -0.2) is 4.39 Å². The summed E-state index contributed by atoms with van der Waals surface area (Å²) in [6.07, 6.45) is 2.85. The van der Waals surface area contributed by atoms with Crippen LogP contribution in [0.2, 0.25) is 0 Å². The highest BCUT2D eigenvalue weighted by atomic mass is 32.2. The van der Waals surface area contributed by atoms with Gasteiger partial charge in [-0.05, 0) is 49.2 Å². The number of anilines is 1. The Morgan fingerprint density at radius 3 is 2.68 bits per heavy atom. The van der Waals surface area contributed by atoms with Crippen LogP contribution in [-0.4, -0.2) is 52.3 Å². The predicted molar refractivity (Wildman–Crippen MR) is 126 cm³/mol. The molecule has 3 heterocycles. The van der Waals surface area contributed by atoms with Crippen molar-refractivity contribution in [3.05, 3.63) is 48.3 Å². The van der Waals surface area contributed by atoms with Crippen molar-refractivity contribution < 1.29 is 23.4 Å². The van der Waals surface area contributed by atoms with Gasteiger partial charge in [0.25, 0.3) is 0 Å². The lowest BCUT2D eigenvalue weighted by Gasteiger charge is -2.15. The molecule has 0 bridgehead atoms.